The minimum absolute atomic E-state index is 0.334. The number of rotatable bonds is 5. The van der Waals surface area contributed by atoms with Crippen LogP contribution in [0.25, 0.3) is 0 Å². The normalized spacial score (nSPS) is 11.5. The smallest absolute Gasteiger partial charge is 0.253 e. The van der Waals surface area contributed by atoms with E-state index in [0.717, 1.165) is 0 Å². The molecule has 1 aromatic rings. The van der Waals surface area contributed by atoms with Crippen molar-refractivity contribution in [3.63, 3.8) is 0 Å². The number of hydrogen-bond donors (Lipinski definition) is 4. The van der Waals surface area contributed by atoms with E-state index in [-0.39, 0.29) is 10.6 Å². The molecule has 19 heavy (non-hydrogen) atoms. The molecule has 0 fully saturated rings. The van der Waals surface area contributed by atoms with Crippen molar-refractivity contribution >= 4 is 17.5 Å². The predicted molar refractivity (Wildman–Crippen MR) is 62.8 cm³/mol. The monoisotopic (exact) mass is 295 g/mol. The number of aliphatic hydroxyl groups excluding tert-OH is 3. The van der Waals surface area contributed by atoms with E-state index in [4.69, 9.17) is 26.9 Å². The number of hydrogen-bond acceptors (Lipinski definition) is 4. The Morgan fingerprint density at radius 2 is 1.63 bits per heavy atom. The highest BCUT2D eigenvalue weighted by molar-refractivity contribution is 6.33. The molecule has 0 unspecified atom stereocenters. The maximum absolute atomic E-state index is 13.0. The minimum Gasteiger partial charge on any atom is -0.394 e. The van der Waals surface area contributed by atoms with Crippen molar-refractivity contribution in [3.8, 4) is 0 Å². The average molecular weight is 296 g/mol. The molecule has 1 amide bonds. The van der Waals surface area contributed by atoms with Gasteiger partial charge in [0.05, 0.1) is 30.4 Å². The van der Waals surface area contributed by atoms with Gasteiger partial charge in [0.25, 0.3) is 5.91 Å². The summed E-state index contributed by atoms with van der Waals surface area (Å²) in [5.74, 6) is -3.43. The van der Waals surface area contributed by atoms with E-state index in [1.807, 2.05) is 0 Å². The van der Waals surface area contributed by atoms with E-state index in [1.54, 1.807) is 0 Å². The summed E-state index contributed by atoms with van der Waals surface area (Å²) in [7, 11) is 0. The van der Waals surface area contributed by atoms with Gasteiger partial charge in [0, 0.05) is 0 Å². The van der Waals surface area contributed by atoms with Gasteiger partial charge >= 0.3 is 0 Å². The summed E-state index contributed by atoms with van der Waals surface area (Å²) in [5, 5.41) is 28.9. The van der Waals surface area contributed by atoms with E-state index in [0.29, 0.717) is 12.1 Å². The van der Waals surface area contributed by atoms with Gasteiger partial charge in [-0.2, -0.15) is 0 Å². The lowest BCUT2D eigenvalue weighted by Crippen LogP contribution is -2.57. The van der Waals surface area contributed by atoms with Crippen LogP contribution in [-0.2, 0) is 0 Å². The summed E-state index contributed by atoms with van der Waals surface area (Å²) in [6.45, 7) is -2.23. The van der Waals surface area contributed by atoms with E-state index < -0.39 is 42.9 Å². The topological polar surface area (TPSA) is 89.8 Å². The zero-order valence-corrected chi connectivity index (χ0v) is 10.4. The van der Waals surface area contributed by atoms with Gasteiger partial charge in [-0.15, -0.1) is 0 Å². The zero-order chi connectivity index (χ0) is 14.6. The van der Waals surface area contributed by atoms with Crippen molar-refractivity contribution in [2.45, 2.75) is 5.54 Å². The Bertz CT molecular complexity index is 472. The lowest BCUT2D eigenvalue weighted by atomic mass is 10.0. The Balaban J connectivity index is 3.04. The molecule has 8 heteroatoms. The first-order chi connectivity index (χ1) is 8.89. The third kappa shape index (κ3) is 3.38. The van der Waals surface area contributed by atoms with Crippen LogP contribution < -0.4 is 5.32 Å². The van der Waals surface area contributed by atoms with Crippen LogP contribution in [0.15, 0.2) is 12.1 Å². The molecule has 106 valence electrons. The molecular formula is C11H12ClF2NO4. The van der Waals surface area contributed by atoms with E-state index >= 15 is 0 Å². The number of amides is 1. The highest BCUT2D eigenvalue weighted by Gasteiger charge is 2.31. The molecule has 0 heterocycles. The van der Waals surface area contributed by atoms with Crippen LogP contribution in [0, 0.1) is 11.6 Å². The van der Waals surface area contributed by atoms with Crippen molar-refractivity contribution in [1.29, 1.82) is 0 Å². The highest BCUT2D eigenvalue weighted by Crippen LogP contribution is 2.20. The van der Waals surface area contributed by atoms with Gasteiger partial charge in [-0.25, -0.2) is 8.78 Å². The third-order valence-electron chi connectivity index (χ3n) is 2.54. The Kier molecular flexibility index (Phi) is 5.19. The highest BCUT2D eigenvalue weighted by atomic mass is 35.5. The van der Waals surface area contributed by atoms with E-state index in [1.165, 1.54) is 0 Å². The van der Waals surface area contributed by atoms with E-state index in [9.17, 15) is 13.6 Å². The number of aliphatic hydroxyl groups is 3. The number of carbonyl (C=O) groups is 1. The second-order valence-corrected chi connectivity index (χ2v) is 4.36. The van der Waals surface area contributed by atoms with Crippen LogP contribution >= 0.6 is 11.6 Å². The molecule has 0 saturated heterocycles. The summed E-state index contributed by atoms with van der Waals surface area (Å²) in [6, 6.07) is 1.22. The van der Waals surface area contributed by atoms with Gasteiger partial charge in [0.1, 0.15) is 5.54 Å². The maximum atomic E-state index is 13.0. The van der Waals surface area contributed by atoms with Crippen LogP contribution in [0.5, 0.6) is 0 Å². The largest absolute Gasteiger partial charge is 0.394 e. The molecule has 0 atom stereocenters. The third-order valence-corrected chi connectivity index (χ3v) is 2.85. The van der Waals surface area contributed by atoms with Gasteiger partial charge in [0.15, 0.2) is 11.6 Å². The molecule has 0 saturated carbocycles. The molecular weight excluding hydrogens is 284 g/mol. The molecule has 0 bridgehead atoms. The molecule has 4 N–H and O–H groups in total. The summed E-state index contributed by atoms with van der Waals surface area (Å²) in [4.78, 5) is 11.8. The Morgan fingerprint density at radius 1 is 1.16 bits per heavy atom. The number of benzene rings is 1. The average Bonchev–Trinajstić information content (AvgIpc) is 2.40. The second kappa shape index (κ2) is 6.25. The van der Waals surface area contributed by atoms with Crippen molar-refractivity contribution in [3.05, 3.63) is 34.4 Å². The summed E-state index contributed by atoms with van der Waals surface area (Å²) >= 11 is 5.60. The van der Waals surface area contributed by atoms with Gasteiger partial charge in [0.2, 0.25) is 0 Å². The first kappa shape index (κ1) is 15.8. The lowest BCUT2D eigenvalue weighted by molar-refractivity contribution is 0.0375. The van der Waals surface area contributed by atoms with Crippen LogP contribution in [0.2, 0.25) is 5.02 Å². The number of carbonyl (C=O) groups excluding carboxylic acids is 1. The number of halogens is 3. The van der Waals surface area contributed by atoms with Crippen molar-refractivity contribution in [2.24, 2.45) is 0 Å². The van der Waals surface area contributed by atoms with Gasteiger partial charge in [-0.05, 0) is 12.1 Å². The van der Waals surface area contributed by atoms with E-state index in [2.05, 4.69) is 5.32 Å². The fraction of sp³-hybridized carbons (Fsp3) is 0.364. The van der Waals surface area contributed by atoms with Crippen molar-refractivity contribution in [1.82, 2.24) is 5.32 Å². The first-order valence-corrected chi connectivity index (χ1v) is 5.56. The minimum atomic E-state index is -1.68. The van der Waals surface area contributed by atoms with Crippen molar-refractivity contribution in [2.75, 3.05) is 19.8 Å². The molecule has 0 aliphatic carbocycles. The lowest BCUT2D eigenvalue weighted by Gasteiger charge is -2.28. The molecule has 5 nitrogen and oxygen atoms in total. The Labute approximate surface area is 112 Å². The van der Waals surface area contributed by atoms with Crippen LogP contribution in [0.1, 0.15) is 10.4 Å². The summed E-state index contributed by atoms with van der Waals surface area (Å²) < 4.78 is 25.9. The molecule has 0 aliphatic heterocycles. The second-order valence-electron chi connectivity index (χ2n) is 3.95. The van der Waals surface area contributed by atoms with Crippen LogP contribution in [0.4, 0.5) is 8.78 Å². The van der Waals surface area contributed by atoms with Gasteiger partial charge in [-0.1, -0.05) is 11.6 Å². The van der Waals surface area contributed by atoms with Crippen molar-refractivity contribution < 1.29 is 28.9 Å². The standard InChI is InChI=1S/C11H12ClF2NO4/c12-7-2-9(14)8(13)1-6(7)10(19)15-11(3-16,4-17)5-18/h1-2,16-18H,3-5H2,(H,15,19). The Hall–Kier alpha value is -1.28. The predicted octanol–water partition coefficient (Wildman–Crippen LogP) is 0.0637. The molecule has 0 aliphatic rings. The molecule has 1 aromatic carbocycles. The van der Waals surface area contributed by atoms with Crippen LogP contribution in [0.3, 0.4) is 0 Å². The van der Waals surface area contributed by atoms with Crippen LogP contribution in [-0.4, -0.2) is 46.6 Å². The quantitative estimate of drug-likeness (QED) is 0.579. The maximum Gasteiger partial charge on any atom is 0.253 e. The first-order valence-electron chi connectivity index (χ1n) is 5.19. The molecule has 0 radical (unpaired) electrons. The Morgan fingerprint density at radius 3 is 2.11 bits per heavy atom. The molecule has 0 aromatic heterocycles. The molecule has 0 spiro atoms. The fourth-order valence-corrected chi connectivity index (χ4v) is 1.51. The SMILES string of the molecule is O=C(NC(CO)(CO)CO)c1cc(F)c(F)cc1Cl. The zero-order valence-electron chi connectivity index (χ0n) is 9.66. The fourth-order valence-electron chi connectivity index (χ4n) is 1.27. The van der Waals surface area contributed by atoms with Gasteiger partial charge < -0.3 is 20.6 Å². The molecule has 1 rings (SSSR count). The summed E-state index contributed by atoms with van der Waals surface area (Å²) in [5.41, 5.74) is -2.05. The number of nitrogens with one attached hydrogen (secondary N) is 1. The van der Waals surface area contributed by atoms with Gasteiger partial charge in [-0.3, -0.25) is 4.79 Å². The summed E-state index contributed by atoms with van der Waals surface area (Å²) in [6.07, 6.45) is 0.